The lowest BCUT2D eigenvalue weighted by Gasteiger charge is -2.36. The molecule has 6 nitrogen and oxygen atoms in total. The predicted molar refractivity (Wildman–Crippen MR) is 81.2 cm³/mol. The number of nitrogens with two attached hydrogens (primary N) is 1. The molecule has 2 heterocycles. The maximum Gasteiger partial charge on any atom is 0.191 e. The molecular weight excluding hydrogens is 278 g/mol. The van der Waals surface area contributed by atoms with Crippen LogP contribution in [0.25, 0.3) is 0 Å². The molecule has 2 rings (SSSR count). The first-order valence-electron chi connectivity index (χ1n) is 7.21. The van der Waals surface area contributed by atoms with Crippen molar-refractivity contribution in [2.24, 2.45) is 10.7 Å². The van der Waals surface area contributed by atoms with Crippen LogP contribution in [0.2, 0.25) is 0 Å². The van der Waals surface area contributed by atoms with Crippen molar-refractivity contribution in [1.29, 1.82) is 0 Å². The molecule has 0 unspecified atom stereocenters. The van der Waals surface area contributed by atoms with Crippen LogP contribution in [0.15, 0.2) is 4.99 Å². The van der Waals surface area contributed by atoms with Gasteiger partial charge < -0.3 is 25.2 Å². The van der Waals surface area contributed by atoms with Gasteiger partial charge in [0.2, 0.25) is 0 Å². The Morgan fingerprint density at radius 3 is 2.70 bits per heavy atom. The van der Waals surface area contributed by atoms with Crippen LogP contribution in [0.4, 0.5) is 0 Å². The van der Waals surface area contributed by atoms with Gasteiger partial charge in [0.15, 0.2) is 5.96 Å². The lowest BCUT2D eigenvalue weighted by molar-refractivity contribution is -0.111. The summed E-state index contributed by atoms with van der Waals surface area (Å²) in [5.41, 5.74) is 5.76. The van der Waals surface area contributed by atoms with E-state index in [4.69, 9.17) is 20.3 Å². The number of rotatable bonds is 5. The molecule has 2 fully saturated rings. The molecule has 0 aromatic carbocycles. The zero-order valence-corrected chi connectivity index (χ0v) is 12.7. The van der Waals surface area contributed by atoms with E-state index in [1.165, 1.54) is 0 Å². The molecule has 0 spiro atoms. The molecule has 3 N–H and O–H groups in total. The summed E-state index contributed by atoms with van der Waals surface area (Å²) in [5, 5.41) is 8.97. The van der Waals surface area contributed by atoms with Gasteiger partial charge in [-0.05, 0) is 0 Å². The van der Waals surface area contributed by atoms with E-state index in [9.17, 15) is 0 Å². The highest BCUT2D eigenvalue weighted by Gasteiger charge is 2.33. The third-order valence-electron chi connectivity index (χ3n) is 3.77. The van der Waals surface area contributed by atoms with Gasteiger partial charge in [-0.1, -0.05) is 0 Å². The smallest absolute Gasteiger partial charge is 0.191 e. The Morgan fingerprint density at radius 2 is 2.05 bits per heavy atom. The Hall–Kier alpha value is -0.500. The second-order valence-electron chi connectivity index (χ2n) is 5.14. The number of thioether (sulfide) groups is 1. The Labute approximate surface area is 124 Å². The van der Waals surface area contributed by atoms with Crippen molar-refractivity contribution in [3.8, 4) is 0 Å². The topological polar surface area (TPSA) is 80.3 Å². The third-order valence-corrected chi connectivity index (χ3v) is 4.71. The van der Waals surface area contributed by atoms with E-state index in [1.54, 1.807) is 0 Å². The maximum atomic E-state index is 8.97. The zero-order chi connectivity index (χ0) is 14.3. The van der Waals surface area contributed by atoms with Gasteiger partial charge in [-0.25, -0.2) is 0 Å². The molecule has 0 bridgehead atoms. The summed E-state index contributed by atoms with van der Waals surface area (Å²) in [4.78, 5) is 6.68. The van der Waals surface area contributed by atoms with E-state index in [1.807, 2.05) is 11.8 Å². The molecule has 0 aromatic rings. The first-order valence-corrected chi connectivity index (χ1v) is 8.36. The average molecular weight is 303 g/mol. The summed E-state index contributed by atoms with van der Waals surface area (Å²) in [5.74, 6) is 2.83. The minimum absolute atomic E-state index is 0.0329. The molecule has 0 saturated carbocycles. The Bertz CT molecular complexity index is 316. The zero-order valence-electron chi connectivity index (χ0n) is 11.9. The number of guanidine groups is 1. The first kappa shape index (κ1) is 15.9. The average Bonchev–Trinajstić information content (AvgIpc) is 2.52. The second-order valence-corrected chi connectivity index (χ2v) is 6.37. The number of hydrogen-bond acceptors (Lipinski definition) is 5. The molecule has 2 saturated heterocycles. The number of hydrogen-bond donors (Lipinski definition) is 2. The highest BCUT2D eigenvalue weighted by Crippen LogP contribution is 2.25. The van der Waals surface area contributed by atoms with Crippen molar-refractivity contribution in [3.63, 3.8) is 0 Å². The molecule has 2 aliphatic rings. The van der Waals surface area contributed by atoms with Gasteiger partial charge in [0.05, 0.1) is 25.4 Å². The number of ether oxygens (including phenoxy) is 2. The molecule has 2 aliphatic heterocycles. The SMILES string of the molecule is NC(=NCC1(OCCO)CCOCC1)N1CCSCC1. The molecule has 0 atom stereocenters. The van der Waals surface area contributed by atoms with Crippen LogP contribution in [0.3, 0.4) is 0 Å². The normalized spacial score (nSPS) is 23.9. The minimum Gasteiger partial charge on any atom is -0.394 e. The van der Waals surface area contributed by atoms with Gasteiger partial charge in [0.1, 0.15) is 0 Å². The molecule has 0 radical (unpaired) electrons. The van der Waals surface area contributed by atoms with Crippen molar-refractivity contribution in [2.75, 3.05) is 57.6 Å². The van der Waals surface area contributed by atoms with Crippen LogP contribution in [0.5, 0.6) is 0 Å². The fourth-order valence-electron chi connectivity index (χ4n) is 2.47. The van der Waals surface area contributed by atoms with Crippen LogP contribution in [0.1, 0.15) is 12.8 Å². The molecule has 20 heavy (non-hydrogen) atoms. The monoisotopic (exact) mass is 303 g/mol. The van der Waals surface area contributed by atoms with Crippen molar-refractivity contribution in [1.82, 2.24) is 4.90 Å². The molecule has 7 heteroatoms. The molecule has 0 aromatic heterocycles. The van der Waals surface area contributed by atoms with Gasteiger partial charge in [-0.2, -0.15) is 11.8 Å². The first-order chi connectivity index (χ1) is 9.76. The van der Waals surface area contributed by atoms with Gasteiger partial charge in [-0.15, -0.1) is 0 Å². The summed E-state index contributed by atoms with van der Waals surface area (Å²) in [6.07, 6.45) is 1.61. The molecular formula is C13H25N3O3S. The van der Waals surface area contributed by atoms with Crippen LogP contribution in [0, 0.1) is 0 Å². The van der Waals surface area contributed by atoms with Crippen molar-refractivity contribution < 1.29 is 14.6 Å². The predicted octanol–water partition coefficient (Wildman–Crippen LogP) is -0.0920. The number of aliphatic hydroxyl groups is 1. The number of aliphatic imine (C=N–C) groups is 1. The van der Waals surface area contributed by atoms with E-state index < -0.39 is 0 Å². The van der Waals surface area contributed by atoms with Crippen molar-refractivity contribution >= 4 is 17.7 Å². The minimum atomic E-state index is -0.323. The fourth-order valence-corrected chi connectivity index (χ4v) is 3.37. The lowest BCUT2D eigenvalue weighted by atomic mass is 9.94. The summed E-state index contributed by atoms with van der Waals surface area (Å²) >= 11 is 1.95. The summed E-state index contributed by atoms with van der Waals surface area (Å²) in [6.45, 7) is 4.22. The summed E-state index contributed by atoms with van der Waals surface area (Å²) < 4.78 is 11.2. The van der Waals surface area contributed by atoms with E-state index in [0.29, 0.717) is 32.3 Å². The lowest BCUT2D eigenvalue weighted by Crippen LogP contribution is -2.46. The maximum absolute atomic E-state index is 8.97. The highest BCUT2D eigenvalue weighted by molar-refractivity contribution is 7.99. The van der Waals surface area contributed by atoms with E-state index in [0.717, 1.165) is 37.4 Å². The Morgan fingerprint density at radius 1 is 1.35 bits per heavy atom. The quantitative estimate of drug-likeness (QED) is 0.546. The number of nitrogens with zero attached hydrogens (tertiary/aromatic N) is 2. The summed E-state index contributed by atoms with van der Waals surface area (Å²) in [7, 11) is 0. The highest BCUT2D eigenvalue weighted by atomic mass is 32.2. The van der Waals surface area contributed by atoms with Crippen LogP contribution in [-0.2, 0) is 9.47 Å². The number of aliphatic hydroxyl groups excluding tert-OH is 1. The van der Waals surface area contributed by atoms with Gasteiger partial charge in [-0.3, -0.25) is 4.99 Å². The Kier molecular flexibility index (Phi) is 6.41. The molecule has 0 aliphatic carbocycles. The molecule has 0 amide bonds. The molecule has 116 valence electrons. The third kappa shape index (κ3) is 4.51. The van der Waals surface area contributed by atoms with Gasteiger partial charge >= 0.3 is 0 Å². The Balaban J connectivity index is 1.92. The summed E-state index contributed by atoms with van der Waals surface area (Å²) in [6, 6.07) is 0. The van der Waals surface area contributed by atoms with E-state index in [2.05, 4.69) is 9.89 Å². The van der Waals surface area contributed by atoms with Crippen LogP contribution >= 0.6 is 11.8 Å². The van der Waals surface area contributed by atoms with Crippen LogP contribution < -0.4 is 5.73 Å². The van der Waals surface area contributed by atoms with Crippen LogP contribution in [-0.4, -0.2) is 79.1 Å². The van der Waals surface area contributed by atoms with Gasteiger partial charge in [0.25, 0.3) is 0 Å². The van der Waals surface area contributed by atoms with E-state index >= 15 is 0 Å². The van der Waals surface area contributed by atoms with Crippen molar-refractivity contribution in [3.05, 3.63) is 0 Å². The van der Waals surface area contributed by atoms with Crippen molar-refractivity contribution in [2.45, 2.75) is 18.4 Å². The van der Waals surface area contributed by atoms with E-state index in [-0.39, 0.29) is 12.2 Å². The second kappa shape index (κ2) is 8.07. The fraction of sp³-hybridized carbons (Fsp3) is 0.923. The largest absolute Gasteiger partial charge is 0.394 e. The van der Waals surface area contributed by atoms with Gasteiger partial charge in [0, 0.05) is 50.7 Å². The standard InChI is InChI=1S/C13H25N3O3S/c14-12(16-3-9-20-10-4-16)15-11-13(19-8-5-17)1-6-18-7-2-13/h17H,1-11H2,(H2,14,15).